The molecule has 0 saturated carbocycles. The van der Waals surface area contributed by atoms with Crippen LogP contribution in [0.4, 0.5) is 11.1 Å². The molecule has 28 heavy (non-hydrogen) atoms. The standard InChI is InChI=1S/C18H15N7OS2/c1-11-21-17(24-28-11)23-18-22-16(15(7-19)27-18)13-8-20-25(10-13)9-12-3-5-14(26-2)6-4-12/h3-6,8,10H,9H2,1-2H3,(H,22,23,24). The number of nitriles is 1. The summed E-state index contributed by atoms with van der Waals surface area (Å²) < 4.78 is 11.2. The predicted octanol–water partition coefficient (Wildman–Crippen LogP) is 3.84. The lowest BCUT2D eigenvalue weighted by molar-refractivity contribution is 0.414. The maximum Gasteiger partial charge on any atom is 0.241 e. The smallest absolute Gasteiger partial charge is 0.241 e. The van der Waals surface area contributed by atoms with Gasteiger partial charge in [0.05, 0.1) is 19.9 Å². The molecular formula is C18H15N7OS2. The monoisotopic (exact) mass is 409 g/mol. The highest BCUT2D eigenvalue weighted by atomic mass is 32.1. The van der Waals surface area contributed by atoms with Crippen LogP contribution in [0.1, 0.15) is 15.4 Å². The largest absolute Gasteiger partial charge is 0.497 e. The van der Waals surface area contributed by atoms with Crippen molar-refractivity contribution in [2.24, 2.45) is 0 Å². The van der Waals surface area contributed by atoms with Crippen LogP contribution in [0.3, 0.4) is 0 Å². The SMILES string of the molecule is COc1ccc(Cn2cc(-c3nc(Nc4nsc(C)n4)sc3C#N)cn2)cc1. The summed E-state index contributed by atoms with van der Waals surface area (Å²) in [5.41, 5.74) is 2.49. The molecule has 3 heterocycles. The van der Waals surface area contributed by atoms with E-state index in [1.54, 1.807) is 13.3 Å². The first-order valence-electron chi connectivity index (χ1n) is 8.28. The van der Waals surface area contributed by atoms with Crippen molar-refractivity contribution in [3.05, 3.63) is 52.1 Å². The van der Waals surface area contributed by atoms with Crippen molar-refractivity contribution < 1.29 is 4.74 Å². The maximum atomic E-state index is 9.48. The second kappa shape index (κ2) is 7.75. The van der Waals surface area contributed by atoms with Crippen molar-refractivity contribution in [3.8, 4) is 23.1 Å². The van der Waals surface area contributed by atoms with Gasteiger partial charge in [-0.15, -0.1) is 0 Å². The highest BCUT2D eigenvalue weighted by Crippen LogP contribution is 2.31. The third-order valence-corrected chi connectivity index (χ3v) is 5.38. The first-order valence-corrected chi connectivity index (χ1v) is 9.87. The van der Waals surface area contributed by atoms with E-state index in [9.17, 15) is 5.26 Å². The Bertz CT molecular complexity index is 1140. The zero-order valence-corrected chi connectivity index (χ0v) is 16.7. The van der Waals surface area contributed by atoms with E-state index < -0.39 is 0 Å². The van der Waals surface area contributed by atoms with Crippen molar-refractivity contribution in [1.82, 2.24) is 24.1 Å². The Labute approximate surface area is 169 Å². The molecule has 1 N–H and O–H groups in total. The van der Waals surface area contributed by atoms with Gasteiger partial charge in [-0.2, -0.15) is 14.7 Å². The van der Waals surface area contributed by atoms with Crippen LogP contribution in [-0.4, -0.2) is 31.2 Å². The summed E-state index contributed by atoms with van der Waals surface area (Å²) in [5.74, 6) is 1.30. The highest BCUT2D eigenvalue weighted by molar-refractivity contribution is 7.16. The fourth-order valence-electron chi connectivity index (χ4n) is 2.58. The van der Waals surface area contributed by atoms with Crippen molar-refractivity contribution in [1.29, 1.82) is 5.26 Å². The van der Waals surface area contributed by atoms with Gasteiger partial charge < -0.3 is 4.74 Å². The molecule has 0 aliphatic rings. The average Bonchev–Trinajstić information content (AvgIpc) is 3.42. The fourth-order valence-corrected chi connectivity index (χ4v) is 3.79. The van der Waals surface area contributed by atoms with Crippen LogP contribution in [0.15, 0.2) is 36.7 Å². The minimum absolute atomic E-state index is 0.488. The Kier molecular flexibility index (Phi) is 5.01. The third-order valence-electron chi connectivity index (χ3n) is 3.89. The van der Waals surface area contributed by atoms with Gasteiger partial charge in [0, 0.05) is 11.8 Å². The average molecular weight is 410 g/mol. The molecule has 8 nitrogen and oxygen atoms in total. The van der Waals surface area contributed by atoms with Crippen LogP contribution in [0.2, 0.25) is 0 Å². The lowest BCUT2D eigenvalue weighted by Gasteiger charge is -2.03. The zero-order chi connectivity index (χ0) is 19.5. The van der Waals surface area contributed by atoms with Crippen LogP contribution >= 0.6 is 22.9 Å². The van der Waals surface area contributed by atoms with Gasteiger partial charge in [0.15, 0.2) is 5.13 Å². The van der Waals surface area contributed by atoms with Gasteiger partial charge in [-0.25, -0.2) is 9.97 Å². The van der Waals surface area contributed by atoms with E-state index in [1.807, 2.05) is 42.1 Å². The molecule has 10 heteroatoms. The Morgan fingerprint density at radius 3 is 2.75 bits per heavy atom. The second-order valence-corrected chi connectivity index (χ2v) is 7.80. The predicted molar refractivity (Wildman–Crippen MR) is 108 cm³/mol. The topological polar surface area (TPSA) is 102 Å². The molecule has 3 aromatic heterocycles. The highest BCUT2D eigenvalue weighted by Gasteiger charge is 2.16. The molecule has 0 fully saturated rings. The summed E-state index contributed by atoms with van der Waals surface area (Å²) in [6, 6.07) is 10.0. The van der Waals surface area contributed by atoms with Gasteiger partial charge in [0.2, 0.25) is 5.95 Å². The number of hydrogen-bond donors (Lipinski definition) is 1. The summed E-state index contributed by atoms with van der Waals surface area (Å²) >= 11 is 2.58. The lowest BCUT2D eigenvalue weighted by atomic mass is 10.2. The number of hydrogen-bond acceptors (Lipinski definition) is 9. The molecule has 0 unspecified atom stereocenters. The molecule has 0 saturated heterocycles. The lowest BCUT2D eigenvalue weighted by Crippen LogP contribution is -1.99. The Morgan fingerprint density at radius 2 is 2.07 bits per heavy atom. The first kappa shape index (κ1) is 18.1. The Balaban J connectivity index is 1.54. The molecule has 0 bridgehead atoms. The molecule has 0 aliphatic heterocycles. The second-order valence-electron chi connectivity index (χ2n) is 5.85. The molecule has 0 aliphatic carbocycles. The van der Waals surface area contributed by atoms with Crippen LogP contribution in [0.25, 0.3) is 11.3 Å². The quantitative estimate of drug-likeness (QED) is 0.516. The van der Waals surface area contributed by atoms with Crippen LogP contribution in [0.5, 0.6) is 5.75 Å². The molecule has 4 aromatic rings. The Hall–Kier alpha value is -3.29. The normalized spacial score (nSPS) is 10.6. The van der Waals surface area contributed by atoms with Crippen molar-refractivity contribution in [2.75, 3.05) is 12.4 Å². The minimum Gasteiger partial charge on any atom is -0.497 e. The molecule has 4 rings (SSSR count). The number of rotatable bonds is 6. The maximum absolute atomic E-state index is 9.48. The van der Waals surface area contributed by atoms with Gasteiger partial charge in [-0.05, 0) is 36.2 Å². The van der Waals surface area contributed by atoms with E-state index in [1.165, 1.54) is 22.9 Å². The molecule has 0 radical (unpaired) electrons. The number of methoxy groups -OCH3 is 1. The van der Waals surface area contributed by atoms with E-state index in [2.05, 4.69) is 30.8 Å². The van der Waals surface area contributed by atoms with Gasteiger partial charge in [-0.1, -0.05) is 23.5 Å². The van der Waals surface area contributed by atoms with Gasteiger partial charge >= 0.3 is 0 Å². The summed E-state index contributed by atoms with van der Waals surface area (Å²) in [6.45, 7) is 2.50. The van der Waals surface area contributed by atoms with Crippen LogP contribution < -0.4 is 10.1 Å². The number of thiazole rings is 1. The van der Waals surface area contributed by atoms with E-state index in [-0.39, 0.29) is 0 Å². The summed E-state index contributed by atoms with van der Waals surface area (Å²) in [6.07, 6.45) is 3.60. The number of aryl methyl sites for hydroxylation is 1. The van der Waals surface area contributed by atoms with Gasteiger partial charge in [0.25, 0.3) is 0 Å². The zero-order valence-electron chi connectivity index (χ0n) is 15.1. The van der Waals surface area contributed by atoms with Crippen molar-refractivity contribution in [3.63, 3.8) is 0 Å². The number of benzene rings is 1. The van der Waals surface area contributed by atoms with Gasteiger partial charge in [0.1, 0.15) is 27.4 Å². The molecule has 0 atom stereocenters. The van der Waals surface area contributed by atoms with Crippen LogP contribution in [0, 0.1) is 18.3 Å². The van der Waals surface area contributed by atoms with E-state index in [0.29, 0.717) is 28.2 Å². The molecular weight excluding hydrogens is 394 g/mol. The number of ether oxygens (including phenoxy) is 1. The van der Waals surface area contributed by atoms with E-state index in [0.717, 1.165) is 21.9 Å². The van der Waals surface area contributed by atoms with Crippen molar-refractivity contribution in [2.45, 2.75) is 13.5 Å². The molecule has 0 amide bonds. The summed E-state index contributed by atoms with van der Waals surface area (Å²) in [5, 5.41) is 18.4. The number of nitrogens with zero attached hydrogens (tertiary/aromatic N) is 6. The van der Waals surface area contributed by atoms with Gasteiger partial charge in [-0.3, -0.25) is 10.00 Å². The fraction of sp³-hybridized carbons (Fsp3) is 0.167. The number of aromatic nitrogens is 5. The van der Waals surface area contributed by atoms with Crippen molar-refractivity contribution >= 4 is 33.9 Å². The van der Waals surface area contributed by atoms with E-state index in [4.69, 9.17) is 4.74 Å². The first-order chi connectivity index (χ1) is 13.6. The van der Waals surface area contributed by atoms with Crippen LogP contribution in [-0.2, 0) is 6.54 Å². The summed E-state index contributed by atoms with van der Waals surface area (Å²) in [7, 11) is 1.64. The third kappa shape index (κ3) is 3.85. The minimum atomic E-state index is 0.488. The number of nitrogens with one attached hydrogen (secondary N) is 1. The Morgan fingerprint density at radius 1 is 1.25 bits per heavy atom. The molecule has 0 spiro atoms. The van der Waals surface area contributed by atoms with E-state index >= 15 is 0 Å². The molecule has 1 aromatic carbocycles. The summed E-state index contributed by atoms with van der Waals surface area (Å²) in [4.78, 5) is 9.31. The molecule has 140 valence electrons. The number of anilines is 2.